The molecule has 0 aliphatic rings. The summed E-state index contributed by atoms with van der Waals surface area (Å²) in [5.74, 6) is 0.886. The number of benzene rings is 1. The minimum Gasteiger partial charge on any atom is -0.504 e. The number of carbonyl (C=O) groups is 1. The molecule has 5 nitrogen and oxygen atoms in total. The molecule has 0 saturated carbocycles. The predicted octanol–water partition coefficient (Wildman–Crippen LogP) is 2.47. The quantitative estimate of drug-likeness (QED) is 0.773. The summed E-state index contributed by atoms with van der Waals surface area (Å²) >= 11 is 0. The molecule has 0 aliphatic heterocycles. The van der Waals surface area contributed by atoms with E-state index in [4.69, 9.17) is 9.47 Å². The van der Waals surface area contributed by atoms with Crippen LogP contribution in [0.3, 0.4) is 0 Å². The van der Waals surface area contributed by atoms with Crippen molar-refractivity contribution >= 4 is 5.91 Å². The van der Waals surface area contributed by atoms with Crippen LogP contribution < -0.4 is 10.1 Å². The smallest absolute Gasteiger partial charge is 0.249 e. The zero-order valence-corrected chi connectivity index (χ0v) is 13.2. The molecule has 0 fully saturated rings. The normalized spacial score (nSPS) is 12.2. The fourth-order valence-electron chi connectivity index (χ4n) is 1.72. The van der Waals surface area contributed by atoms with Gasteiger partial charge in [-0.15, -0.1) is 0 Å². The first-order valence-electron chi connectivity index (χ1n) is 7.19. The molecule has 0 aromatic heterocycles. The molecular weight excluding hydrogens is 270 g/mol. The minimum atomic E-state index is -0.470. The maximum absolute atomic E-state index is 11.9. The van der Waals surface area contributed by atoms with Gasteiger partial charge in [0.1, 0.15) is 6.10 Å². The topological polar surface area (TPSA) is 67.8 Å². The van der Waals surface area contributed by atoms with Gasteiger partial charge in [0, 0.05) is 13.2 Å². The van der Waals surface area contributed by atoms with E-state index in [-0.39, 0.29) is 11.7 Å². The second-order valence-corrected chi connectivity index (χ2v) is 5.42. The first-order chi connectivity index (χ1) is 9.93. The lowest BCUT2D eigenvalue weighted by molar-refractivity contribution is -0.132. The molecule has 1 aromatic carbocycles. The van der Waals surface area contributed by atoms with Crippen molar-refractivity contribution in [2.24, 2.45) is 5.92 Å². The van der Waals surface area contributed by atoms with Crippen LogP contribution in [0.15, 0.2) is 18.2 Å². The second kappa shape index (κ2) is 8.52. The Bertz CT molecular complexity index is 460. The largest absolute Gasteiger partial charge is 0.504 e. The number of hydrogen-bond acceptors (Lipinski definition) is 4. The van der Waals surface area contributed by atoms with E-state index < -0.39 is 6.10 Å². The maximum Gasteiger partial charge on any atom is 0.249 e. The number of carbonyl (C=O) groups excluding carboxylic acids is 1. The molecule has 2 N–H and O–H groups in total. The monoisotopic (exact) mass is 295 g/mol. The van der Waals surface area contributed by atoms with Crippen LogP contribution in [0.2, 0.25) is 0 Å². The van der Waals surface area contributed by atoms with Gasteiger partial charge in [-0.1, -0.05) is 19.9 Å². The zero-order chi connectivity index (χ0) is 15.8. The molecule has 21 heavy (non-hydrogen) atoms. The number of ether oxygens (including phenoxy) is 2. The van der Waals surface area contributed by atoms with Crippen LogP contribution in [0.1, 0.15) is 32.8 Å². The Morgan fingerprint density at radius 3 is 2.67 bits per heavy atom. The molecule has 5 heteroatoms. The summed E-state index contributed by atoms with van der Waals surface area (Å²) in [5.41, 5.74) is 0.854. The molecule has 1 amide bonds. The molecule has 0 bridgehead atoms. The summed E-state index contributed by atoms with van der Waals surface area (Å²) in [6.45, 7) is 6.93. The average molecular weight is 295 g/mol. The van der Waals surface area contributed by atoms with Gasteiger partial charge in [-0.05, 0) is 37.0 Å². The second-order valence-electron chi connectivity index (χ2n) is 5.42. The molecule has 118 valence electrons. The van der Waals surface area contributed by atoms with E-state index in [1.807, 2.05) is 0 Å². The fourth-order valence-corrected chi connectivity index (χ4v) is 1.72. The first-order valence-corrected chi connectivity index (χ1v) is 7.19. The molecule has 1 rings (SSSR count). The summed E-state index contributed by atoms with van der Waals surface area (Å²) in [7, 11) is 1.49. The zero-order valence-electron chi connectivity index (χ0n) is 13.2. The van der Waals surface area contributed by atoms with Gasteiger partial charge in [0.2, 0.25) is 5.91 Å². The van der Waals surface area contributed by atoms with Gasteiger partial charge < -0.3 is 19.9 Å². The molecule has 1 atom stereocenters. The number of methoxy groups -OCH3 is 1. The highest BCUT2D eigenvalue weighted by Gasteiger charge is 2.13. The van der Waals surface area contributed by atoms with Crippen LogP contribution in [0.5, 0.6) is 11.5 Å². The summed E-state index contributed by atoms with van der Waals surface area (Å²) in [6.07, 6.45) is 0.468. The van der Waals surface area contributed by atoms with Crippen LogP contribution in [0.4, 0.5) is 0 Å². The summed E-state index contributed by atoms with van der Waals surface area (Å²) in [4.78, 5) is 11.9. The number of hydrogen-bond donors (Lipinski definition) is 2. The molecular formula is C16H25NO4. The Balaban J connectivity index is 2.41. The van der Waals surface area contributed by atoms with Gasteiger partial charge in [0.25, 0.3) is 0 Å². The first kappa shape index (κ1) is 17.3. The fraction of sp³-hybridized carbons (Fsp3) is 0.562. The maximum atomic E-state index is 11.9. The van der Waals surface area contributed by atoms with Crippen LogP contribution in [-0.2, 0) is 16.1 Å². The standard InChI is InChI=1S/C16H25NO4/c1-11(2)7-8-21-12(3)16(19)17-10-13-5-6-14(18)15(9-13)20-4/h5-6,9,11-12,18H,7-8,10H2,1-4H3,(H,17,19). The van der Waals surface area contributed by atoms with Gasteiger partial charge in [-0.3, -0.25) is 4.79 Å². The van der Waals surface area contributed by atoms with Crippen molar-refractivity contribution < 1.29 is 19.4 Å². The number of nitrogens with one attached hydrogen (secondary N) is 1. The lowest BCUT2D eigenvalue weighted by Crippen LogP contribution is -2.34. The number of rotatable bonds is 8. The Morgan fingerprint density at radius 1 is 1.33 bits per heavy atom. The summed E-state index contributed by atoms with van der Waals surface area (Å²) in [5, 5.41) is 12.3. The van der Waals surface area contributed by atoms with E-state index in [0.717, 1.165) is 12.0 Å². The van der Waals surface area contributed by atoms with E-state index in [1.165, 1.54) is 7.11 Å². The van der Waals surface area contributed by atoms with Crippen molar-refractivity contribution in [3.63, 3.8) is 0 Å². The average Bonchev–Trinajstić information content (AvgIpc) is 2.45. The van der Waals surface area contributed by atoms with Crippen LogP contribution >= 0.6 is 0 Å². The molecule has 0 aliphatic carbocycles. The lowest BCUT2D eigenvalue weighted by atomic mass is 10.1. The van der Waals surface area contributed by atoms with Gasteiger partial charge in [-0.25, -0.2) is 0 Å². The van der Waals surface area contributed by atoms with Crippen molar-refractivity contribution in [3.05, 3.63) is 23.8 Å². The van der Waals surface area contributed by atoms with Crippen molar-refractivity contribution in [1.29, 1.82) is 0 Å². The van der Waals surface area contributed by atoms with Gasteiger partial charge in [0.05, 0.1) is 7.11 Å². The Kier molecular flexibility index (Phi) is 7.02. The molecule has 0 spiro atoms. The van der Waals surface area contributed by atoms with E-state index >= 15 is 0 Å². The lowest BCUT2D eigenvalue weighted by Gasteiger charge is -2.14. The molecule has 0 saturated heterocycles. The third-order valence-electron chi connectivity index (χ3n) is 3.14. The predicted molar refractivity (Wildman–Crippen MR) is 81.4 cm³/mol. The molecule has 0 heterocycles. The summed E-state index contributed by atoms with van der Waals surface area (Å²) in [6, 6.07) is 4.98. The third kappa shape index (κ3) is 6.04. The van der Waals surface area contributed by atoms with E-state index in [2.05, 4.69) is 19.2 Å². The van der Waals surface area contributed by atoms with Crippen LogP contribution in [0.25, 0.3) is 0 Å². The highest BCUT2D eigenvalue weighted by molar-refractivity contribution is 5.80. The van der Waals surface area contributed by atoms with Crippen molar-refractivity contribution in [3.8, 4) is 11.5 Å². The minimum absolute atomic E-state index is 0.0814. The Hall–Kier alpha value is -1.75. The van der Waals surface area contributed by atoms with Crippen molar-refractivity contribution in [2.75, 3.05) is 13.7 Å². The number of phenolic OH excluding ortho intramolecular Hbond substituents is 1. The Labute approximate surface area is 126 Å². The Morgan fingerprint density at radius 2 is 2.05 bits per heavy atom. The van der Waals surface area contributed by atoms with Gasteiger partial charge in [0.15, 0.2) is 11.5 Å². The summed E-state index contributed by atoms with van der Waals surface area (Å²) < 4.78 is 10.5. The van der Waals surface area contributed by atoms with E-state index in [9.17, 15) is 9.90 Å². The number of phenols is 1. The van der Waals surface area contributed by atoms with Gasteiger partial charge >= 0.3 is 0 Å². The highest BCUT2D eigenvalue weighted by Crippen LogP contribution is 2.26. The third-order valence-corrected chi connectivity index (χ3v) is 3.14. The number of aromatic hydroxyl groups is 1. The van der Waals surface area contributed by atoms with Crippen molar-refractivity contribution in [2.45, 2.75) is 39.8 Å². The van der Waals surface area contributed by atoms with Crippen LogP contribution in [-0.4, -0.2) is 30.8 Å². The highest BCUT2D eigenvalue weighted by atomic mass is 16.5. The van der Waals surface area contributed by atoms with E-state index in [1.54, 1.807) is 25.1 Å². The van der Waals surface area contributed by atoms with Crippen molar-refractivity contribution in [1.82, 2.24) is 5.32 Å². The molecule has 1 unspecified atom stereocenters. The molecule has 0 radical (unpaired) electrons. The molecule has 1 aromatic rings. The van der Waals surface area contributed by atoms with E-state index in [0.29, 0.717) is 24.8 Å². The SMILES string of the molecule is COc1cc(CNC(=O)C(C)OCCC(C)C)ccc1O. The van der Waals surface area contributed by atoms with Gasteiger partial charge in [-0.2, -0.15) is 0 Å². The van der Waals surface area contributed by atoms with Crippen LogP contribution in [0, 0.1) is 5.92 Å². The number of amides is 1.